The number of anilines is 1. The fourth-order valence-electron chi connectivity index (χ4n) is 3.03. The van der Waals surface area contributed by atoms with Gasteiger partial charge < -0.3 is 14.5 Å². The summed E-state index contributed by atoms with van der Waals surface area (Å²) in [6.45, 7) is 6.27. The molecule has 0 aliphatic carbocycles. The summed E-state index contributed by atoms with van der Waals surface area (Å²) in [5.74, 6) is -1.42. The smallest absolute Gasteiger partial charge is 0.254 e. The van der Waals surface area contributed by atoms with E-state index in [-0.39, 0.29) is 17.6 Å². The topological polar surface area (TPSA) is 32.8 Å². The number of carbonyl (C=O) groups excluding carboxylic acids is 1. The lowest BCUT2D eigenvalue weighted by Crippen LogP contribution is -2.49. The molecule has 0 spiro atoms. The maximum atomic E-state index is 13.4. The van der Waals surface area contributed by atoms with Crippen LogP contribution in [-0.4, -0.2) is 43.1 Å². The van der Waals surface area contributed by atoms with Gasteiger partial charge in [0, 0.05) is 31.7 Å². The molecule has 6 heteroatoms. The van der Waals surface area contributed by atoms with Gasteiger partial charge in [-0.1, -0.05) is 12.1 Å². The number of ether oxygens (including phenoxy) is 1. The molecular formula is C20H22F2N2O2. The molecule has 138 valence electrons. The Bertz CT molecular complexity index is 787. The summed E-state index contributed by atoms with van der Waals surface area (Å²) in [6.07, 6.45) is 0.0763. The lowest BCUT2D eigenvalue weighted by atomic mass is 10.1. The van der Waals surface area contributed by atoms with Crippen LogP contribution in [0.5, 0.6) is 5.75 Å². The highest BCUT2D eigenvalue weighted by Crippen LogP contribution is 2.29. The summed E-state index contributed by atoms with van der Waals surface area (Å²) >= 11 is 0. The van der Waals surface area contributed by atoms with Gasteiger partial charge in [-0.3, -0.25) is 4.79 Å². The first-order valence-electron chi connectivity index (χ1n) is 8.70. The molecule has 1 saturated heterocycles. The molecule has 0 unspecified atom stereocenters. The van der Waals surface area contributed by atoms with E-state index < -0.39 is 11.6 Å². The molecule has 2 aromatic rings. The first kappa shape index (κ1) is 18.2. The molecule has 0 bridgehead atoms. The summed E-state index contributed by atoms with van der Waals surface area (Å²) in [5, 5.41) is 0. The Kier molecular flexibility index (Phi) is 5.40. The van der Waals surface area contributed by atoms with Crippen LogP contribution in [0.2, 0.25) is 0 Å². The van der Waals surface area contributed by atoms with Crippen LogP contribution >= 0.6 is 0 Å². The number of hydrogen-bond donors (Lipinski definition) is 0. The Morgan fingerprint density at radius 2 is 1.69 bits per heavy atom. The third-order valence-corrected chi connectivity index (χ3v) is 4.30. The molecule has 1 heterocycles. The molecule has 1 fully saturated rings. The standard InChI is InChI=1S/C20H22F2N2O2/c1-14(2)26-19-6-4-3-5-18(19)23-9-11-24(12-10-23)20(25)15-7-8-16(21)17(22)13-15/h3-8,13-14H,9-12H2,1-2H3. The van der Waals surface area contributed by atoms with E-state index in [1.54, 1.807) is 4.90 Å². The lowest BCUT2D eigenvalue weighted by Gasteiger charge is -2.37. The third kappa shape index (κ3) is 3.95. The third-order valence-electron chi connectivity index (χ3n) is 4.30. The van der Waals surface area contributed by atoms with Crippen molar-refractivity contribution in [3.8, 4) is 5.75 Å². The number of hydrogen-bond acceptors (Lipinski definition) is 3. The van der Waals surface area contributed by atoms with Crippen LogP contribution < -0.4 is 9.64 Å². The summed E-state index contributed by atoms with van der Waals surface area (Å²) in [7, 11) is 0. The van der Waals surface area contributed by atoms with Crippen molar-refractivity contribution in [3.05, 3.63) is 59.7 Å². The molecule has 1 aliphatic heterocycles. The van der Waals surface area contributed by atoms with Crippen molar-refractivity contribution >= 4 is 11.6 Å². The van der Waals surface area contributed by atoms with E-state index in [9.17, 15) is 13.6 Å². The molecular weight excluding hydrogens is 338 g/mol. The normalized spacial score (nSPS) is 14.7. The van der Waals surface area contributed by atoms with Crippen molar-refractivity contribution in [2.24, 2.45) is 0 Å². The maximum absolute atomic E-state index is 13.4. The first-order chi connectivity index (χ1) is 12.5. The lowest BCUT2D eigenvalue weighted by molar-refractivity contribution is 0.0746. The molecule has 4 nitrogen and oxygen atoms in total. The number of piperazine rings is 1. The second kappa shape index (κ2) is 7.72. The molecule has 0 N–H and O–H groups in total. The Morgan fingerprint density at radius 1 is 1.00 bits per heavy atom. The van der Waals surface area contributed by atoms with E-state index in [0.29, 0.717) is 26.2 Å². The van der Waals surface area contributed by atoms with Crippen LogP contribution in [0, 0.1) is 11.6 Å². The van der Waals surface area contributed by atoms with Gasteiger partial charge in [0.15, 0.2) is 11.6 Å². The maximum Gasteiger partial charge on any atom is 0.254 e. The van der Waals surface area contributed by atoms with Crippen LogP contribution in [0.25, 0.3) is 0 Å². The van der Waals surface area contributed by atoms with E-state index in [1.807, 2.05) is 38.1 Å². The van der Waals surface area contributed by atoms with E-state index in [4.69, 9.17) is 4.74 Å². The van der Waals surface area contributed by atoms with Gasteiger partial charge in [-0.15, -0.1) is 0 Å². The van der Waals surface area contributed by atoms with Crippen molar-refractivity contribution in [1.29, 1.82) is 0 Å². The second-order valence-electron chi connectivity index (χ2n) is 6.54. The van der Waals surface area contributed by atoms with Gasteiger partial charge in [0.05, 0.1) is 11.8 Å². The average molecular weight is 360 g/mol. The zero-order chi connectivity index (χ0) is 18.7. The van der Waals surface area contributed by atoms with E-state index in [0.717, 1.165) is 23.6 Å². The predicted octanol–water partition coefficient (Wildman–Crippen LogP) is 3.71. The molecule has 3 rings (SSSR count). The minimum Gasteiger partial charge on any atom is -0.489 e. The number of nitrogens with zero attached hydrogens (tertiary/aromatic N) is 2. The highest BCUT2D eigenvalue weighted by molar-refractivity contribution is 5.94. The van der Waals surface area contributed by atoms with Crippen LogP contribution in [0.3, 0.4) is 0 Å². The van der Waals surface area contributed by atoms with Crippen LogP contribution in [-0.2, 0) is 0 Å². The Hall–Kier alpha value is -2.63. The number of para-hydroxylation sites is 2. The van der Waals surface area contributed by atoms with Gasteiger partial charge in [-0.25, -0.2) is 8.78 Å². The molecule has 26 heavy (non-hydrogen) atoms. The number of amides is 1. The fraction of sp³-hybridized carbons (Fsp3) is 0.350. The summed E-state index contributed by atoms with van der Waals surface area (Å²) in [4.78, 5) is 16.3. The number of carbonyl (C=O) groups is 1. The summed E-state index contributed by atoms with van der Waals surface area (Å²) < 4.78 is 32.3. The first-order valence-corrected chi connectivity index (χ1v) is 8.70. The quantitative estimate of drug-likeness (QED) is 0.833. The van der Waals surface area contributed by atoms with Crippen LogP contribution in [0.15, 0.2) is 42.5 Å². The molecule has 0 radical (unpaired) electrons. The van der Waals surface area contributed by atoms with E-state index in [1.165, 1.54) is 6.07 Å². The van der Waals surface area contributed by atoms with Gasteiger partial charge in [0.2, 0.25) is 0 Å². The zero-order valence-corrected chi connectivity index (χ0v) is 14.9. The summed E-state index contributed by atoms with van der Waals surface area (Å²) in [6, 6.07) is 11.1. The van der Waals surface area contributed by atoms with Crippen LogP contribution in [0.4, 0.5) is 14.5 Å². The van der Waals surface area contributed by atoms with Gasteiger partial charge >= 0.3 is 0 Å². The predicted molar refractivity (Wildman–Crippen MR) is 96.7 cm³/mol. The Balaban J connectivity index is 1.68. The molecule has 1 amide bonds. The van der Waals surface area contributed by atoms with Crippen molar-refractivity contribution in [1.82, 2.24) is 4.90 Å². The van der Waals surface area contributed by atoms with Gasteiger partial charge in [-0.2, -0.15) is 0 Å². The van der Waals surface area contributed by atoms with Crippen molar-refractivity contribution in [3.63, 3.8) is 0 Å². The fourth-order valence-corrected chi connectivity index (χ4v) is 3.03. The molecule has 0 aromatic heterocycles. The molecule has 0 atom stereocenters. The van der Waals surface area contributed by atoms with Gasteiger partial charge in [0.25, 0.3) is 5.91 Å². The molecule has 0 saturated carbocycles. The summed E-state index contributed by atoms with van der Waals surface area (Å²) in [5.41, 5.74) is 1.17. The van der Waals surface area contributed by atoms with Crippen molar-refractivity contribution in [2.45, 2.75) is 20.0 Å². The monoisotopic (exact) mass is 360 g/mol. The zero-order valence-electron chi connectivity index (χ0n) is 14.9. The second-order valence-corrected chi connectivity index (χ2v) is 6.54. The van der Waals surface area contributed by atoms with E-state index in [2.05, 4.69) is 4.90 Å². The number of halogens is 2. The minimum atomic E-state index is -1.01. The molecule has 1 aliphatic rings. The average Bonchev–Trinajstić information content (AvgIpc) is 2.63. The van der Waals surface area contributed by atoms with Crippen molar-refractivity contribution in [2.75, 3.05) is 31.1 Å². The number of benzene rings is 2. The Labute approximate surface area is 152 Å². The Morgan fingerprint density at radius 3 is 2.35 bits per heavy atom. The highest BCUT2D eigenvalue weighted by atomic mass is 19.2. The van der Waals surface area contributed by atoms with Gasteiger partial charge in [-0.05, 0) is 44.2 Å². The minimum absolute atomic E-state index is 0.0763. The largest absolute Gasteiger partial charge is 0.489 e. The number of rotatable bonds is 4. The molecule has 2 aromatic carbocycles. The van der Waals surface area contributed by atoms with E-state index >= 15 is 0 Å². The highest BCUT2D eigenvalue weighted by Gasteiger charge is 2.24. The van der Waals surface area contributed by atoms with Crippen LogP contribution in [0.1, 0.15) is 24.2 Å². The van der Waals surface area contributed by atoms with Crippen molar-refractivity contribution < 1.29 is 18.3 Å². The van der Waals surface area contributed by atoms with Gasteiger partial charge in [0.1, 0.15) is 5.75 Å². The SMILES string of the molecule is CC(C)Oc1ccccc1N1CCN(C(=O)c2ccc(F)c(F)c2)CC1.